The van der Waals surface area contributed by atoms with Gasteiger partial charge in [-0.2, -0.15) is 0 Å². The average molecular weight is 416 g/mol. The number of para-hydroxylation sites is 1. The van der Waals surface area contributed by atoms with E-state index in [0.29, 0.717) is 21.6 Å². The third-order valence-electron chi connectivity index (χ3n) is 5.53. The lowest BCUT2D eigenvalue weighted by Crippen LogP contribution is -2.44. The highest BCUT2D eigenvalue weighted by atomic mass is 35.5. The van der Waals surface area contributed by atoms with Gasteiger partial charge in [0.2, 0.25) is 0 Å². The van der Waals surface area contributed by atoms with E-state index in [0.717, 1.165) is 27.7 Å². The summed E-state index contributed by atoms with van der Waals surface area (Å²) in [5.74, 6) is 0.0130. The number of aromatic nitrogens is 1. The molecule has 3 heterocycles. The first-order valence-corrected chi connectivity index (χ1v) is 9.78. The zero-order valence-electron chi connectivity index (χ0n) is 14.4. The van der Waals surface area contributed by atoms with Crippen LogP contribution < -0.4 is 0 Å². The molecule has 2 aliphatic heterocycles. The van der Waals surface area contributed by atoms with E-state index in [-0.39, 0.29) is 18.0 Å². The Kier molecular flexibility index (Phi) is 3.76. The number of amides is 1. The van der Waals surface area contributed by atoms with Crippen molar-refractivity contribution in [1.82, 2.24) is 14.8 Å². The molecule has 1 fully saturated rings. The van der Waals surface area contributed by atoms with Gasteiger partial charge in [-0.3, -0.25) is 9.69 Å². The van der Waals surface area contributed by atoms with E-state index in [1.165, 1.54) is 0 Å². The van der Waals surface area contributed by atoms with Gasteiger partial charge in [0.15, 0.2) is 5.11 Å². The average Bonchev–Trinajstić information content (AvgIpc) is 3.14. The fourth-order valence-electron chi connectivity index (χ4n) is 4.26. The van der Waals surface area contributed by atoms with Crippen molar-refractivity contribution in [1.29, 1.82) is 0 Å². The van der Waals surface area contributed by atoms with Crippen molar-refractivity contribution in [3.05, 3.63) is 69.3 Å². The summed E-state index contributed by atoms with van der Waals surface area (Å²) in [4.78, 5) is 20.0. The Balaban J connectivity index is 1.82. The van der Waals surface area contributed by atoms with Gasteiger partial charge in [0.1, 0.15) is 6.04 Å². The zero-order valence-corrected chi connectivity index (χ0v) is 16.7. The van der Waals surface area contributed by atoms with Crippen LogP contribution in [-0.2, 0) is 11.2 Å². The van der Waals surface area contributed by atoms with Gasteiger partial charge in [-0.1, -0.05) is 53.5 Å². The highest BCUT2D eigenvalue weighted by Crippen LogP contribution is 2.46. The second-order valence-corrected chi connectivity index (χ2v) is 8.07. The van der Waals surface area contributed by atoms with Crippen LogP contribution >= 0.6 is 35.4 Å². The number of hydrogen-bond acceptors (Lipinski definition) is 2. The smallest absolute Gasteiger partial charge is 0.251 e. The highest BCUT2D eigenvalue weighted by Gasteiger charge is 2.49. The number of thiocarbonyl (C=S) groups is 1. The number of aromatic amines is 1. The number of nitrogens with zero attached hydrogens (tertiary/aromatic N) is 2. The van der Waals surface area contributed by atoms with Gasteiger partial charge in [0.05, 0.1) is 16.1 Å². The molecule has 0 radical (unpaired) electrons. The van der Waals surface area contributed by atoms with E-state index in [1.807, 2.05) is 35.2 Å². The van der Waals surface area contributed by atoms with Gasteiger partial charge in [0, 0.05) is 35.6 Å². The molecule has 0 aliphatic carbocycles. The van der Waals surface area contributed by atoms with Crippen molar-refractivity contribution in [2.24, 2.45) is 0 Å². The normalized spacial score (nSPS) is 21.7. The molecule has 3 aromatic rings. The first-order valence-electron chi connectivity index (χ1n) is 8.62. The van der Waals surface area contributed by atoms with Gasteiger partial charge in [-0.25, -0.2) is 0 Å². The van der Waals surface area contributed by atoms with E-state index >= 15 is 0 Å². The first kappa shape index (κ1) is 17.0. The number of likely N-dealkylation sites (N-methyl/N-ethyl adjacent to an activating group) is 1. The third kappa shape index (κ3) is 2.29. The van der Waals surface area contributed by atoms with Gasteiger partial charge in [-0.05, 0) is 29.9 Å². The predicted molar refractivity (Wildman–Crippen MR) is 111 cm³/mol. The monoisotopic (exact) mass is 415 g/mol. The molecule has 5 rings (SSSR count). The number of carbonyl (C=O) groups excluding carboxylic acids is 1. The molecule has 2 atom stereocenters. The second kappa shape index (κ2) is 5.96. The maximum Gasteiger partial charge on any atom is 0.251 e. The zero-order chi connectivity index (χ0) is 18.9. The van der Waals surface area contributed by atoms with Crippen LogP contribution in [0.5, 0.6) is 0 Å². The molecule has 27 heavy (non-hydrogen) atoms. The number of halogens is 2. The van der Waals surface area contributed by atoms with Crippen LogP contribution in [0.2, 0.25) is 10.0 Å². The predicted octanol–water partition coefficient (Wildman–Crippen LogP) is 4.55. The van der Waals surface area contributed by atoms with E-state index in [4.69, 9.17) is 35.4 Å². The summed E-state index contributed by atoms with van der Waals surface area (Å²) in [6, 6.07) is 13.1. The highest BCUT2D eigenvalue weighted by molar-refractivity contribution is 7.80. The van der Waals surface area contributed by atoms with Crippen LogP contribution in [0.3, 0.4) is 0 Å². The van der Waals surface area contributed by atoms with Gasteiger partial charge in [-0.15, -0.1) is 0 Å². The Bertz CT molecular complexity index is 1130. The molecule has 2 aromatic carbocycles. The van der Waals surface area contributed by atoms with Gasteiger partial charge >= 0.3 is 0 Å². The van der Waals surface area contributed by atoms with Crippen molar-refractivity contribution in [2.75, 3.05) is 7.05 Å². The number of rotatable bonds is 1. The van der Waals surface area contributed by atoms with Crippen molar-refractivity contribution < 1.29 is 4.79 Å². The van der Waals surface area contributed by atoms with Crippen molar-refractivity contribution in [3.63, 3.8) is 0 Å². The Morgan fingerprint density at radius 2 is 1.93 bits per heavy atom. The number of benzene rings is 2. The van der Waals surface area contributed by atoms with Crippen LogP contribution in [0.1, 0.15) is 22.9 Å². The van der Waals surface area contributed by atoms with Crippen LogP contribution in [0.25, 0.3) is 10.9 Å². The second-order valence-electron chi connectivity index (χ2n) is 6.92. The largest absolute Gasteiger partial charge is 0.356 e. The lowest BCUT2D eigenvalue weighted by Gasteiger charge is -2.37. The molecular weight excluding hydrogens is 401 g/mol. The molecular formula is C20H15Cl2N3OS. The molecule has 136 valence electrons. The molecule has 1 aromatic heterocycles. The molecule has 0 saturated carbocycles. The number of hydrogen-bond donors (Lipinski definition) is 1. The maximum absolute atomic E-state index is 12.9. The molecule has 2 unspecified atom stereocenters. The lowest BCUT2D eigenvalue weighted by molar-refractivity contribution is -0.127. The van der Waals surface area contributed by atoms with Crippen LogP contribution in [0, 0.1) is 0 Å². The standard InChI is InChI=1S/C20H15Cl2N3OS/c1-24-19(26)15-9-12-10-5-2-3-8-14(10)23-17(12)18(25(15)20(24)27)11-6-4-7-13(21)16(11)22/h2-8,15,18,23H,9H2,1H3. The SMILES string of the molecule is CN1C(=O)C2Cc3c([nH]c4ccccc34)C(c3cccc(Cl)c3Cl)N2C1=S. The summed E-state index contributed by atoms with van der Waals surface area (Å²) >= 11 is 18.5. The summed E-state index contributed by atoms with van der Waals surface area (Å²) in [6.45, 7) is 0. The first-order chi connectivity index (χ1) is 13.0. The Morgan fingerprint density at radius 3 is 2.74 bits per heavy atom. The quantitative estimate of drug-likeness (QED) is 0.592. The Hall–Kier alpha value is -2.08. The van der Waals surface area contributed by atoms with Crippen LogP contribution in [0.4, 0.5) is 0 Å². The van der Waals surface area contributed by atoms with Crippen molar-refractivity contribution in [3.8, 4) is 0 Å². The maximum atomic E-state index is 12.9. The van der Waals surface area contributed by atoms with E-state index in [9.17, 15) is 4.79 Å². The van der Waals surface area contributed by atoms with Gasteiger partial charge in [0.25, 0.3) is 5.91 Å². The Morgan fingerprint density at radius 1 is 1.15 bits per heavy atom. The van der Waals surface area contributed by atoms with Crippen LogP contribution in [0.15, 0.2) is 42.5 Å². The van der Waals surface area contributed by atoms with Gasteiger partial charge < -0.3 is 9.88 Å². The minimum Gasteiger partial charge on any atom is -0.356 e. The lowest BCUT2D eigenvalue weighted by atomic mass is 9.89. The van der Waals surface area contributed by atoms with E-state index in [1.54, 1.807) is 18.0 Å². The van der Waals surface area contributed by atoms with Crippen molar-refractivity contribution in [2.45, 2.75) is 18.5 Å². The van der Waals surface area contributed by atoms with Crippen LogP contribution in [-0.4, -0.2) is 38.9 Å². The molecule has 1 amide bonds. The molecule has 4 nitrogen and oxygen atoms in total. The number of carbonyl (C=O) groups is 1. The third-order valence-corrected chi connectivity index (χ3v) is 6.85. The minimum atomic E-state index is -0.339. The van der Waals surface area contributed by atoms with Crippen molar-refractivity contribution >= 4 is 57.3 Å². The number of fused-ring (bicyclic) bond motifs is 4. The minimum absolute atomic E-state index is 0.0130. The molecule has 1 saturated heterocycles. The fourth-order valence-corrected chi connectivity index (χ4v) is 5.00. The number of nitrogens with one attached hydrogen (secondary N) is 1. The molecule has 1 N–H and O–H groups in total. The topological polar surface area (TPSA) is 39.3 Å². The van der Waals surface area contributed by atoms with E-state index in [2.05, 4.69) is 11.1 Å². The summed E-state index contributed by atoms with van der Waals surface area (Å²) in [6.07, 6.45) is 0.608. The fraction of sp³-hybridized carbons (Fsp3) is 0.200. The molecule has 7 heteroatoms. The molecule has 2 aliphatic rings. The molecule has 0 spiro atoms. The summed E-state index contributed by atoms with van der Waals surface area (Å²) < 4.78 is 0. The number of H-pyrrole nitrogens is 1. The Labute approximate surface area is 171 Å². The molecule has 0 bridgehead atoms. The summed E-state index contributed by atoms with van der Waals surface area (Å²) in [7, 11) is 1.73. The van der Waals surface area contributed by atoms with E-state index < -0.39 is 0 Å². The summed E-state index contributed by atoms with van der Waals surface area (Å²) in [5, 5.41) is 2.61. The summed E-state index contributed by atoms with van der Waals surface area (Å²) in [5.41, 5.74) is 4.03.